The summed E-state index contributed by atoms with van der Waals surface area (Å²) in [7, 11) is 0. The SMILES string of the molecule is CC(=O)NCC1CN(c2ccc(N3CCC(n4nnc(-c5ccc(C)cc5)n4)C3)c(F)c2)C(=O)O1. The lowest BCUT2D eigenvalue weighted by Crippen LogP contribution is -2.33. The highest BCUT2D eigenvalue weighted by molar-refractivity contribution is 5.90. The van der Waals surface area contributed by atoms with Crippen molar-refractivity contribution in [1.29, 1.82) is 0 Å². The first-order valence-corrected chi connectivity index (χ1v) is 11.5. The van der Waals surface area contributed by atoms with Gasteiger partial charge in [-0.1, -0.05) is 29.8 Å². The van der Waals surface area contributed by atoms with Gasteiger partial charge < -0.3 is 15.0 Å². The Morgan fingerprint density at radius 2 is 2.00 bits per heavy atom. The maximum absolute atomic E-state index is 15.1. The monoisotopic (exact) mass is 479 g/mol. The number of rotatable bonds is 6. The summed E-state index contributed by atoms with van der Waals surface area (Å²) in [5.74, 6) is -0.0623. The molecule has 5 rings (SSSR count). The second-order valence-corrected chi connectivity index (χ2v) is 8.88. The predicted octanol–water partition coefficient (Wildman–Crippen LogP) is 2.70. The fraction of sp³-hybridized carbons (Fsp3) is 0.375. The molecule has 35 heavy (non-hydrogen) atoms. The van der Waals surface area contributed by atoms with E-state index in [0.717, 1.165) is 17.5 Å². The van der Waals surface area contributed by atoms with E-state index < -0.39 is 18.0 Å². The first-order valence-electron chi connectivity index (χ1n) is 11.5. The topological polar surface area (TPSA) is 105 Å². The molecule has 182 valence electrons. The van der Waals surface area contributed by atoms with Crippen LogP contribution in [0.2, 0.25) is 0 Å². The summed E-state index contributed by atoms with van der Waals surface area (Å²) < 4.78 is 20.4. The van der Waals surface area contributed by atoms with E-state index in [9.17, 15) is 9.59 Å². The minimum atomic E-state index is -0.560. The van der Waals surface area contributed by atoms with Gasteiger partial charge in [0.2, 0.25) is 11.7 Å². The molecule has 2 aromatic carbocycles. The van der Waals surface area contributed by atoms with Crippen molar-refractivity contribution in [3.63, 3.8) is 0 Å². The number of hydrogen-bond acceptors (Lipinski definition) is 7. The maximum Gasteiger partial charge on any atom is 0.414 e. The lowest BCUT2D eigenvalue weighted by atomic mass is 10.1. The Hall–Kier alpha value is -4.02. The van der Waals surface area contributed by atoms with Crippen LogP contribution in [0.15, 0.2) is 42.5 Å². The van der Waals surface area contributed by atoms with Crippen molar-refractivity contribution in [1.82, 2.24) is 25.5 Å². The van der Waals surface area contributed by atoms with E-state index in [1.165, 1.54) is 17.9 Å². The number of aromatic nitrogens is 4. The van der Waals surface area contributed by atoms with Crippen LogP contribution in [0.1, 0.15) is 24.9 Å². The predicted molar refractivity (Wildman–Crippen MR) is 127 cm³/mol. The number of carbonyl (C=O) groups excluding carboxylic acids is 2. The molecule has 3 heterocycles. The molecule has 2 aliphatic heterocycles. The Kier molecular flexibility index (Phi) is 6.06. The first-order chi connectivity index (χ1) is 16.9. The van der Waals surface area contributed by atoms with Gasteiger partial charge in [0.05, 0.1) is 30.5 Å². The van der Waals surface area contributed by atoms with Crippen molar-refractivity contribution in [2.24, 2.45) is 0 Å². The number of halogens is 1. The lowest BCUT2D eigenvalue weighted by Gasteiger charge is -2.21. The van der Waals surface area contributed by atoms with E-state index in [2.05, 4.69) is 20.7 Å². The molecule has 0 saturated carbocycles. The molecule has 2 unspecified atom stereocenters. The fourth-order valence-corrected chi connectivity index (χ4v) is 4.36. The molecule has 2 saturated heterocycles. The third-order valence-electron chi connectivity index (χ3n) is 6.26. The van der Waals surface area contributed by atoms with Crippen LogP contribution < -0.4 is 15.1 Å². The Labute approximate surface area is 201 Å². The summed E-state index contributed by atoms with van der Waals surface area (Å²) in [6.07, 6.45) is -0.280. The van der Waals surface area contributed by atoms with Crippen LogP contribution in [-0.4, -0.2) is 64.5 Å². The van der Waals surface area contributed by atoms with Gasteiger partial charge in [-0.05, 0) is 36.8 Å². The van der Waals surface area contributed by atoms with Gasteiger partial charge in [0, 0.05) is 25.6 Å². The highest BCUT2D eigenvalue weighted by Crippen LogP contribution is 2.32. The number of anilines is 2. The number of nitrogens with one attached hydrogen (secondary N) is 1. The van der Waals surface area contributed by atoms with Crippen molar-refractivity contribution in [2.45, 2.75) is 32.4 Å². The number of amides is 2. The van der Waals surface area contributed by atoms with Gasteiger partial charge in [0.1, 0.15) is 11.9 Å². The van der Waals surface area contributed by atoms with E-state index in [1.807, 2.05) is 36.1 Å². The molecule has 1 aromatic heterocycles. The van der Waals surface area contributed by atoms with E-state index in [-0.39, 0.29) is 25.0 Å². The van der Waals surface area contributed by atoms with E-state index in [1.54, 1.807) is 16.9 Å². The number of hydrogen-bond donors (Lipinski definition) is 1. The molecule has 10 nitrogen and oxygen atoms in total. The number of ether oxygens (including phenoxy) is 1. The maximum atomic E-state index is 15.1. The van der Waals surface area contributed by atoms with Crippen LogP contribution in [0.25, 0.3) is 11.4 Å². The Bertz CT molecular complexity index is 1250. The molecule has 1 N–H and O–H groups in total. The molecule has 2 aliphatic rings. The smallest absolute Gasteiger partial charge is 0.414 e. The van der Waals surface area contributed by atoms with Crippen LogP contribution in [-0.2, 0) is 9.53 Å². The zero-order valence-electron chi connectivity index (χ0n) is 19.5. The van der Waals surface area contributed by atoms with Gasteiger partial charge in [0.25, 0.3) is 0 Å². The Morgan fingerprint density at radius 3 is 2.74 bits per heavy atom. The van der Waals surface area contributed by atoms with Crippen LogP contribution in [0.4, 0.5) is 20.6 Å². The van der Waals surface area contributed by atoms with Gasteiger partial charge in [-0.25, -0.2) is 9.18 Å². The number of aryl methyl sites for hydroxylation is 1. The number of carbonyl (C=O) groups is 2. The van der Waals surface area contributed by atoms with E-state index >= 15 is 4.39 Å². The quantitative estimate of drug-likeness (QED) is 0.580. The van der Waals surface area contributed by atoms with Crippen molar-refractivity contribution < 1.29 is 18.7 Å². The summed E-state index contributed by atoms with van der Waals surface area (Å²) in [5, 5.41) is 15.6. The molecular formula is C24H26FN7O3. The summed E-state index contributed by atoms with van der Waals surface area (Å²) in [6.45, 7) is 5.07. The number of benzene rings is 2. The van der Waals surface area contributed by atoms with Gasteiger partial charge in [-0.3, -0.25) is 9.69 Å². The van der Waals surface area contributed by atoms with Crippen LogP contribution in [0.5, 0.6) is 0 Å². The molecule has 0 bridgehead atoms. The normalized spacial score (nSPS) is 19.8. The highest BCUT2D eigenvalue weighted by Gasteiger charge is 2.33. The van der Waals surface area contributed by atoms with Crippen LogP contribution in [0.3, 0.4) is 0 Å². The average Bonchev–Trinajstić information content (AvgIpc) is 3.58. The fourth-order valence-electron chi connectivity index (χ4n) is 4.36. The minimum absolute atomic E-state index is 0.0242. The zero-order valence-corrected chi connectivity index (χ0v) is 19.5. The summed E-state index contributed by atoms with van der Waals surface area (Å²) >= 11 is 0. The first kappa shape index (κ1) is 22.8. The molecule has 3 aromatic rings. The third-order valence-corrected chi connectivity index (χ3v) is 6.26. The van der Waals surface area contributed by atoms with Crippen LogP contribution in [0, 0.1) is 12.7 Å². The molecule has 11 heteroatoms. The van der Waals surface area contributed by atoms with Crippen molar-refractivity contribution >= 4 is 23.4 Å². The van der Waals surface area contributed by atoms with Crippen LogP contribution >= 0.6 is 0 Å². The van der Waals surface area contributed by atoms with Gasteiger partial charge in [0.15, 0.2) is 0 Å². The highest BCUT2D eigenvalue weighted by atomic mass is 19.1. The Balaban J connectivity index is 1.24. The summed E-state index contributed by atoms with van der Waals surface area (Å²) in [4.78, 5) is 28.3. The second kappa shape index (κ2) is 9.32. The van der Waals surface area contributed by atoms with Crippen molar-refractivity contribution in [2.75, 3.05) is 36.0 Å². The van der Waals surface area contributed by atoms with Crippen molar-refractivity contribution in [3.05, 3.63) is 53.8 Å². The second-order valence-electron chi connectivity index (χ2n) is 8.88. The van der Waals surface area contributed by atoms with Gasteiger partial charge >= 0.3 is 6.09 Å². The molecule has 0 radical (unpaired) electrons. The molecule has 2 atom stereocenters. The molecule has 0 spiro atoms. The van der Waals surface area contributed by atoms with Gasteiger partial charge in [-0.2, -0.15) is 4.80 Å². The Morgan fingerprint density at radius 1 is 1.20 bits per heavy atom. The standard InChI is InChI=1S/C24H26FN7O3/c1-15-3-5-17(6-4-15)23-27-29-32(28-23)19-9-10-30(13-19)22-8-7-18(11-21(22)25)31-14-20(35-24(31)34)12-26-16(2)33/h3-8,11,19-20H,9-10,12-14H2,1-2H3,(H,26,33). The molecular weight excluding hydrogens is 453 g/mol. The lowest BCUT2D eigenvalue weighted by molar-refractivity contribution is -0.119. The number of nitrogens with zero attached hydrogens (tertiary/aromatic N) is 6. The molecule has 2 fully saturated rings. The zero-order chi connectivity index (χ0) is 24.5. The van der Waals surface area contributed by atoms with E-state index in [4.69, 9.17) is 4.74 Å². The minimum Gasteiger partial charge on any atom is -0.442 e. The molecule has 0 aliphatic carbocycles. The van der Waals surface area contributed by atoms with Gasteiger partial charge in [-0.15, -0.1) is 10.2 Å². The average molecular weight is 480 g/mol. The largest absolute Gasteiger partial charge is 0.442 e. The number of cyclic esters (lactones) is 1. The summed E-state index contributed by atoms with van der Waals surface area (Å²) in [5.41, 5.74) is 2.93. The van der Waals surface area contributed by atoms with E-state index in [0.29, 0.717) is 30.3 Å². The van der Waals surface area contributed by atoms with Crippen molar-refractivity contribution in [3.8, 4) is 11.4 Å². The summed E-state index contributed by atoms with van der Waals surface area (Å²) in [6, 6.07) is 12.6. The third kappa shape index (κ3) is 4.79. The molecule has 2 amide bonds. The number of tetrazole rings is 1.